The van der Waals surface area contributed by atoms with Crippen molar-refractivity contribution in [2.24, 2.45) is 0 Å². The second kappa shape index (κ2) is 5.20. The minimum Gasteiger partial charge on any atom is -0.481 e. The SMILES string of the molecule is CC(C)ONCCC(=O)O. The van der Waals surface area contributed by atoms with Gasteiger partial charge < -0.3 is 5.11 Å². The highest BCUT2D eigenvalue weighted by Gasteiger charge is 1.96. The van der Waals surface area contributed by atoms with Gasteiger partial charge in [0.15, 0.2) is 0 Å². The zero-order chi connectivity index (χ0) is 7.98. The van der Waals surface area contributed by atoms with Crippen molar-refractivity contribution in [1.82, 2.24) is 5.48 Å². The normalized spacial score (nSPS) is 10.3. The number of carboxylic acids is 1. The number of rotatable bonds is 5. The standard InChI is InChI=1S/C6H13NO3/c1-5(2)10-7-4-3-6(8)9/h5,7H,3-4H2,1-2H3,(H,8,9). The average molecular weight is 147 g/mol. The molecule has 0 fully saturated rings. The first-order valence-electron chi connectivity index (χ1n) is 3.23. The lowest BCUT2D eigenvalue weighted by molar-refractivity contribution is -0.137. The molecule has 0 bridgehead atoms. The van der Waals surface area contributed by atoms with Gasteiger partial charge in [-0.2, -0.15) is 0 Å². The Hall–Kier alpha value is -0.610. The Bertz CT molecular complexity index is 103. The van der Waals surface area contributed by atoms with Crippen LogP contribution in [-0.2, 0) is 9.63 Å². The van der Waals surface area contributed by atoms with E-state index in [1.54, 1.807) is 0 Å². The molecule has 0 rings (SSSR count). The largest absolute Gasteiger partial charge is 0.481 e. The molecular formula is C6H13NO3. The zero-order valence-corrected chi connectivity index (χ0v) is 6.26. The van der Waals surface area contributed by atoms with Crippen LogP contribution in [0.3, 0.4) is 0 Å². The summed E-state index contributed by atoms with van der Waals surface area (Å²) in [5, 5.41) is 8.18. The zero-order valence-electron chi connectivity index (χ0n) is 6.26. The van der Waals surface area contributed by atoms with Crippen LogP contribution in [0.15, 0.2) is 0 Å². The molecule has 0 saturated carbocycles. The van der Waals surface area contributed by atoms with Crippen LogP contribution in [0.1, 0.15) is 20.3 Å². The van der Waals surface area contributed by atoms with Crippen LogP contribution in [0.5, 0.6) is 0 Å². The second-order valence-corrected chi connectivity index (χ2v) is 2.20. The molecule has 0 heterocycles. The molecular weight excluding hydrogens is 134 g/mol. The van der Waals surface area contributed by atoms with Crippen LogP contribution in [0.2, 0.25) is 0 Å². The van der Waals surface area contributed by atoms with Crippen LogP contribution in [0.25, 0.3) is 0 Å². The summed E-state index contributed by atoms with van der Waals surface area (Å²) in [5.74, 6) is -0.820. The highest BCUT2D eigenvalue weighted by molar-refractivity contribution is 5.66. The molecule has 0 spiro atoms. The summed E-state index contributed by atoms with van der Waals surface area (Å²) in [4.78, 5) is 14.8. The molecule has 0 amide bonds. The molecule has 0 aliphatic carbocycles. The minimum absolute atomic E-state index is 0.0900. The second-order valence-electron chi connectivity index (χ2n) is 2.20. The van der Waals surface area contributed by atoms with Crippen molar-refractivity contribution in [1.29, 1.82) is 0 Å². The third kappa shape index (κ3) is 7.39. The molecule has 0 atom stereocenters. The summed E-state index contributed by atoms with van der Waals surface area (Å²) in [7, 11) is 0. The Balaban J connectivity index is 2.98. The van der Waals surface area contributed by atoms with E-state index in [0.717, 1.165) is 0 Å². The molecule has 0 radical (unpaired) electrons. The third-order valence-corrected chi connectivity index (χ3v) is 0.760. The molecule has 4 nitrogen and oxygen atoms in total. The Morgan fingerprint density at radius 3 is 2.70 bits per heavy atom. The number of hydroxylamine groups is 1. The van der Waals surface area contributed by atoms with Gasteiger partial charge in [0.2, 0.25) is 0 Å². The van der Waals surface area contributed by atoms with Gasteiger partial charge in [0.25, 0.3) is 0 Å². The molecule has 0 unspecified atom stereocenters. The Morgan fingerprint density at radius 1 is 1.70 bits per heavy atom. The number of carboxylic acid groups (broad SMARTS) is 1. The fourth-order valence-electron chi connectivity index (χ4n) is 0.384. The lowest BCUT2D eigenvalue weighted by atomic mass is 10.4. The minimum atomic E-state index is -0.820. The van der Waals surface area contributed by atoms with Gasteiger partial charge in [-0.05, 0) is 13.8 Å². The van der Waals surface area contributed by atoms with Crippen LogP contribution in [0, 0.1) is 0 Å². The summed E-state index contributed by atoms with van der Waals surface area (Å²) in [6, 6.07) is 0. The molecule has 10 heavy (non-hydrogen) atoms. The van der Waals surface area contributed by atoms with Gasteiger partial charge in [-0.1, -0.05) is 0 Å². The Labute approximate surface area is 60.1 Å². The monoisotopic (exact) mass is 147 g/mol. The molecule has 2 N–H and O–H groups in total. The van der Waals surface area contributed by atoms with Crippen LogP contribution in [-0.4, -0.2) is 23.7 Å². The van der Waals surface area contributed by atoms with Crippen molar-refractivity contribution in [3.8, 4) is 0 Å². The third-order valence-electron chi connectivity index (χ3n) is 0.760. The maximum atomic E-state index is 9.95. The van der Waals surface area contributed by atoms with E-state index in [4.69, 9.17) is 9.94 Å². The first kappa shape index (κ1) is 9.39. The summed E-state index contributed by atoms with van der Waals surface area (Å²) < 4.78 is 0. The number of hydrogen-bond acceptors (Lipinski definition) is 3. The predicted molar refractivity (Wildman–Crippen MR) is 36.5 cm³/mol. The predicted octanol–water partition coefficient (Wildman–Crippen LogP) is 0.391. The lowest BCUT2D eigenvalue weighted by Gasteiger charge is -2.06. The molecule has 60 valence electrons. The molecule has 0 aromatic rings. The van der Waals surface area contributed by atoms with Gasteiger partial charge in [-0.3, -0.25) is 9.63 Å². The fourth-order valence-corrected chi connectivity index (χ4v) is 0.384. The highest BCUT2D eigenvalue weighted by Crippen LogP contribution is 1.82. The van der Waals surface area contributed by atoms with Gasteiger partial charge in [0.1, 0.15) is 0 Å². The quantitative estimate of drug-likeness (QED) is 0.436. The van der Waals surface area contributed by atoms with Crippen LogP contribution < -0.4 is 5.48 Å². The summed E-state index contributed by atoms with van der Waals surface area (Å²) >= 11 is 0. The highest BCUT2D eigenvalue weighted by atomic mass is 16.7. The van der Waals surface area contributed by atoms with E-state index >= 15 is 0 Å². The van der Waals surface area contributed by atoms with Crippen molar-refractivity contribution in [2.45, 2.75) is 26.4 Å². The van der Waals surface area contributed by atoms with E-state index in [-0.39, 0.29) is 12.5 Å². The van der Waals surface area contributed by atoms with Crippen LogP contribution in [0.4, 0.5) is 0 Å². The molecule has 0 saturated heterocycles. The van der Waals surface area contributed by atoms with E-state index < -0.39 is 5.97 Å². The van der Waals surface area contributed by atoms with E-state index in [1.807, 2.05) is 13.8 Å². The number of carbonyl (C=O) groups is 1. The maximum absolute atomic E-state index is 9.95. The van der Waals surface area contributed by atoms with Crippen molar-refractivity contribution in [3.05, 3.63) is 0 Å². The topological polar surface area (TPSA) is 58.6 Å². The fraction of sp³-hybridized carbons (Fsp3) is 0.833. The summed E-state index contributed by atoms with van der Waals surface area (Å²) in [6.07, 6.45) is 0.181. The first-order valence-corrected chi connectivity index (χ1v) is 3.23. The van der Waals surface area contributed by atoms with E-state index in [2.05, 4.69) is 5.48 Å². The molecule has 0 aromatic carbocycles. The number of aliphatic carboxylic acids is 1. The van der Waals surface area contributed by atoms with Crippen molar-refractivity contribution in [3.63, 3.8) is 0 Å². The van der Waals surface area contributed by atoms with Crippen molar-refractivity contribution < 1.29 is 14.7 Å². The molecule has 0 aliphatic rings. The van der Waals surface area contributed by atoms with E-state index in [9.17, 15) is 4.79 Å². The first-order chi connectivity index (χ1) is 4.63. The smallest absolute Gasteiger partial charge is 0.304 e. The summed E-state index contributed by atoms with van der Waals surface area (Å²) in [5.41, 5.74) is 2.54. The van der Waals surface area contributed by atoms with Gasteiger partial charge in [0.05, 0.1) is 12.5 Å². The van der Waals surface area contributed by atoms with Gasteiger partial charge in [0, 0.05) is 6.54 Å². The Kier molecular flexibility index (Phi) is 4.88. The van der Waals surface area contributed by atoms with Gasteiger partial charge in [-0.25, -0.2) is 5.48 Å². The van der Waals surface area contributed by atoms with E-state index in [1.165, 1.54) is 0 Å². The van der Waals surface area contributed by atoms with Crippen molar-refractivity contribution in [2.75, 3.05) is 6.54 Å². The summed E-state index contributed by atoms with van der Waals surface area (Å²) in [6.45, 7) is 4.09. The number of hydrogen-bond donors (Lipinski definition) is 2. The lowest BCUT2D eigenvalue weighted by Crippen LogP contribution is -2.22. The van der Waals surface area contributed by atoms with Crippen molar-refractivity contribution >= 4 is 5.97 Å². The average Bonchev–Trinajstić information content (AvgIpc) is 1.79. The van der Waals surface area contributed by atoms with Gasteiger partial charge >= 0.3 is 5.97 Å². The Morgan fingerprint density at radius 2 is 2.30 bits per heavy atom. The molecule has 0 aromatic heterocycles. The molecule has 0 aliphatic heterocycles. The maximum Gasteiger partial charge on any atom is 0.304 e. The number of nitrogens with one attached hydrogen (secondary N) is 1. The van der Waals surface area contributed by atoms with E-state index in [0.29, 0.717) is 6.54 Å². The molecule has 4 heteroatoms. The van der Waals surface area contributed by atoms with Crippen LogP contribution >= 0.6 is 0 Å². The van der Waals surface area contributed by atoms with Gasteiger partial charge in [-0.15, -0.1) is 0 Å².